The first-order valence-corrected chi connectivity index (χ1v) is 10.4. The molecule has 0 saturated carbocycles. The molecule has 0 unspecified atom stereocenters. The molecule has 1 fully saturated rings. The number of rotatable bonds is 5. The van der Waals surface area contributed by atoms with Crippen LogP contribution in [0.1, 0.15) is 28.9 Å². The number of aliphatic hydroxyl groups excluding tert-OH is 1. The van der Waals surface area contributed by atoms with Crippen molar-refractivity contribution in [3.63, 3.8) is 0 Å². The summed E-state index contributed by atoms with van der Waals surface area (Å²) in [5.74, 6) is -1.04. The van der Waals surface area contributed by atoms with Gasteiger partial charge in [0.2, 0.25) is 5.91 Å². The molecule has 2 amide bonds. The van der Waals surface area contributed by atoms with E-state index in [2.05, 4.69) is 15.3 Å². The van der Waals surface area contributed by atoms with Gasteiger partial charge in [-0.25, -0.2) is 9.37 Å². The number of likely N-dealkylation sites (tertiary alicyclic amines) is 1. The maximum atomic E-state index is 13.3. The quantitative estimate of drug-likeness (QED) is 0.527. The fourth-order valence-corrected chi connectivity index (χ4v) is 3.89. The normalized spacial score (nSPS) is 15.8. The van der Waals surface area contributed by atoms with Crippen LogP contribution in [0, 0.1) is 5.82 Å². The predicted octanol–water partition coefficient (Wildman–Crippen LogP) is 2.68. The van der Waals surface area contributed by atoms with Crippen LogP contribution in [0.5, 0.6) is 0 Å². The number of aliphatic hydroxyl groups is 1. The highest BCUT2D eigenvalue weighted by molar-refractivity contribution is 6.30. The van der Waals surface area contributed by atoms with Crippen molar-refractivity contribution in [1.29, 1.82) is 0 Å². The molecule has 0 aliphatic carbocycles. The van der Waals surface area contributed by atoms with E-state index in [1.54, 1.807) is 29.2 Å². The number of halogens is 2. The second-order valence-electron chi connectivity index (χ2n) is 7.69. The third-order valence-electron chi connectivity index (χ3n) is 5.45. The number of benzene rings is 1. The molecule has 9 heteroatoms. The van der Waals surface area contributed by atoms with Crippen LogP contribution >= 0.6 is 11.6 Å². The maximum absolute atomic E-state index is 13.3. The Hall–Kier alpha value is -2.97. The number of piperidine rings is 1. The highest BCUT2D eigenvalue weighted by Gasteiger charge is 2.29. The third-order valence-corrected chi connectivity index (χ3v) is 5.66. The number of amides is 2. The molecular formula is C22H22ClFN4O3. The lowest BCUT2D eigenvalue weighted by atomic mass is 10.0. The lowest BCUT2D eigenvalue weighted by Gasteiger charge is -2.32. The van der Waals surface area contributed by atoms with Gasteiger partial charge >= 0.3 is 0 Å². The first-order valence-electron chi connectivity index (χ1n) is 10.1. The van der Waals surface area contributed by atoms with Crippen LogP contribution in [0.4, 0.5) is 4.39 Å². The van der Waals surface area contributed by atoms with E-state index in [-0.39, 0.29) is 23.8 Å². The summed E-state index contributed by atoms with van der Waals surface area (Å²) in [6.07, 6.45) is 2.34. The van der Waals surface area contributed by atoms with Gasteiger partial charge in [0.1, 0.15) is 22.7 Å². The SMILES string of the molecule is O=C(N[C@H](Cc1ccc(F)cc1)C(=O)N1CCC(O)CC1)c1cc2cc(Cl)ncc2[nH]1. The number of H-pyrrole nitrogens is 1. The molecule has 1 saturated heterocycles. The van der Waals surface area contributed by atoms with Crippen molar-refractivity contribution < 1.29 is 19.1 Å². The summed E-state index contributed by atoms with van der Waals surface area (Å²) in [6.45, 7) is 0.846. The van der Waals surface area contributed by atoms with Crippen LogP contribution in [-0.2, 0) is 11.2 Å². The van der Waals surface area contributed by atoms with Crippen molar-refractivity contribution in [2.45, 2.75) is 31.4 Å². The zero-order valence-corrected chi connectivity index (χ0v) is 17.4. The van der Waals surface area contributed by atoms with Gasteiger partial charge in [0, 0.05) is 24.9 Å². The van der Waals surface area contributed by atoms with Gasteiger partial charge in [-0.15, -0.1) is 0 Å². The van der Waals surface area contributed by atoms with Gasteiger partial charge in [-0.1, -0.05) is 23.7 Å². The van der Waals surface area contributed by atoms with Crippen LogP contribution < -0.4 is 5.32 Å². The zero-order chi connectivity index (χ0) is 22.0. The van der Waals surface area contributed by atoms with E-state index in [9.17, 15) is 19.1 Å². The van der Waals surface area contributed by atoms with Crippen LogP contribution in [0.15, 0.2) is 42.6 Å². The minimum atomic E-state index is -0.832. The Morgan fingerprint density at radius 3 is 2.68 bits per heavy atom. The lowest BCUT2D eigenvalue weighted by molar-refractivity contribution is -0.135. The Balaban J connectivity index is 1.55. The van der Waals surface area contributed by atoms with E-state index >= 15 is 0 Å². The zero-order valence-electron chi connectivity index (χ0n) is 16.6. The van der Waals surface area contributed by atoms with E-state index in [0.29, 0.717) is 36.6 Å². The predicted molar refractivity (Wildman–Crippen MR) is 114 cm³/mol. The summed E-state index contributed by atoms with van der Waals surface area (Å²) < 4.78 is 13.3. The van der Waals surface area contributed by atoms with Crippen molar-refractivity contribution in [2.75, 3.05) is 13.1 Å². The molecule has 1 aromatic carbocycles. The molecule has 1 aliphatic rings. The average molecular weight is 445 g/mol. The minimum absolute atomic E-state index is 0.220. The van der Waals surface area contributed by atoms with Crippen molar-refractivity contribution in [2.24, 2.45) is 0 Å². The average Bonchev–Trinajstić information content (AvgIpc) is 3.18. The summed E-state index contributed by atoms with van der Waals surface area (Å²) >= 11 is 5.91. The molecule has 2 aromatic heterocycles. The molecule has 7 nitrogen and oxygen atoms in total. The number of hydrogen-bond donors (Lipinski definition) is 3. The number of aromatic nitrogens is 2. The minimum Gasteiger partial charge on any atom is -0.393 e. The Bertz CT molecular complexity index is 1090. The fourth-order valence-electron chi connectivity index (χ4n) is 3.73. The molecule has 1 aliphatic heterocycles. The van der Waals surface area contributed by atoms with Crippen LogP contribution in [0.3, 0.4) is 0 Å². The van der Waals surface area contributed by atoms with Crippen molar-refractivity contribution in [3.05, 3.63) is 64.8 Å². The number of hydrogen-bond acceptors (Lipinski definition) is 4. The molecule has 31 heavy (non-hydrogen) atoms. The standard InChI is InChI=1S/C22H22ClFN4O3/c23-20-11-14-10-17(26-19(14)12-25-20)21(30)27-18(9-13-1-3-15(24)4-2-13)22(31)28-7-5-16(29)6-8-28/h1-4,10-12,16,18,26,29H,5-9H2,(H,27,30)/t18-/m1/s1. The molecule has 4 rings (SSSR count). The molecule has 1 atom stereocenters. The molecule has 0 radical (unpaired) electrons. The molecular weight excluding hydrogens is 423 g/mol. The first kappa shape index (κ1) is 21.3. The fraction of sp³-hybridized carbons (Fsp3) is 0.318. The summed E-state index contributed by atoms with van der Waals surface area (Å²) in [6, 6.07) is 8.30. The van der Waals surface area contributed by atoms with Crippen molar-refractivity contribution in [3.8, 4) is 0 Å². The van der Waals surface area contributed by atoms with Gasteiger partial charge in [0.25, 0.3) is 5.91 Å². The summed E-state index contributed by atoms with van der Waals surface area (Å²) in [5.41, 5.74) is 1.66. The molecule has 0 bridgehead atoms. The highest BCUT2D eigenvalue weighted by Crippen LogP contribution is 2.19. The van der Waals surface area contributed by atoms with E-state index in [1.807, 2.05) is 0 Å². The number of nitrogens with zero attached hydrogens (tertiary/aromatic N) is 2. The van der Waals surface area contributed by atoms with Gasteiger partial charge in [-0.3, -0.25) is 9.59 Å². The second-order valence-corrected chi connectivity index (χ2v) is 8.08. The number of carbonyl (C=O) groups excluding carboxylic acids is 2. The Morgan fingerprint density at radius 1 is 1.26 bits per heavy atom. The van der Waals surface area contributed by atoms with E-state index in [4.69, 9.17) is 11.6 Å². The second kappa shape index (κ2) is 9.03. The molecule has 0 spiro atoms. The lowest BCUT2D eigenvalue weighted by Crippen LogP contribution is -2.52. The Morgan fingerprint density at radius 2 is 1.97 bits per heavy atom. The third kappa shape index (κ3) is 5.03. The highest BCUT2D eigenvalue weighted by atomic mass is 35.5. The number of pyridine rings is 1. The van der Waals surface area contributed by atoms with Crippen molar-refractivity contribution in [1.82, 2.24) is 20.2 Å². The topological polar surface area (TPSA) is 98.3 Å². The van der Waals surface area contributed by atoms with Gasteiger partial charge in [-0.05, 0) is 42.7 Å². The number of carbonyl (C=O) groups is 2. The Kier molecular flexibility index (Phi) is 6.20. The number of fused-ring (bicyclic) bond motifs is 1. The van der Waals surface area contributed by atoms with Crippen molar-refractivity contribution >= 4 is 34.3 Å². The monoisotopic (exact) mass is 444 g/mol. The van der Waals surface area contributed by atoms with E-state index in [1.165, 1.54) is 18.3 Å². The molecule has 3 heterocycles. The van der Waals surface area contributed by atoms with Crippen LogP contribution in [0.2, 0.25) is 5.15 Å². The first-order chi connectivity index (χ1) is 14.9. The van der Waals surface area contributed by atoms with Gasteiger partial charge < -0.3 is 20.3 Å². The molecule has 3 aromatic rings. The van der Waals surface area contributed by atoms with E-state index < -0.39 is 18.1 Å². The van der Waals surface area contributed by atoms with E-state index in [0.717, 1.165) is 10.9 Å². The van der Waals surface area contributed by atoms with Crippen LogP contribution in [0.25, 0.3) is 10.9 Å². The molecule has 162 valence electrons. The molecule has 3 N–H and O–H groups in total. The van der Waals surface area contributed by atoms with Gasteiger partial charge in [-0.2, -0.15) is 0 Å². The van der Waals surface area contributed by atoms with Crippen LogP contribution in [-0.4, -0.2) is 57.0 Å². The number of aromatic amines is 1. The maximum Gasteiger partial charge on any atom is 0.268 e. The smallest absolute Gasteiger partial charge is 0.268 e. The summed E-state index contributed by atoms with van der Waals surface area (Å²) in [5, 5.41) is 13.6. The Labute approximate surface area is 183 Å². The summed E-state index contributed by atoms with van der Waals surface area (Å²) in [7, 11) is 0. The summed E-state index contributed by atoms with van der Waals surface area (Å²) in [4.78, 5) is 34.7. The van der Waals surface area contributed by atoms with Gasteiger partial charge in [0.05, 0.1) is 17.8 Å². The largest absolute Gasteiger partial charge is 0.393 e. The van der Waals surface area contributed by atoms with Gasteiger partial charge in [0.15, 0.2) is 0 Å². The number of nitrogens with one attached hydrogen (secondary N) is 2.